The summed E-state index contributed by atoms with van der Waals surface area (Å²) >= 11 is 0. The molecule has 0 spiro atoms. The number of aliphatic hydroxyl groups excluding tert-OH is 1. The molecule has 5 heteroatoms. The molecular weight excluding hydrogens is 244 g/mol. The van der Waals surface area contributed by atoms with Crippen molar-refractivity contribution in [1.29, 1.82) is 0 Å². The third-order valence-corrected chi connectivity index (χ3v) is 3.02. The summed E-state index contributed by atoms with van der Waals surface area (Å²) in [5.41, 5.74) is 0.731. The van der Waals surface area contributed by atoms with Crippen LogP contribution in [0.3, 0.4) is 0 Å². The van der Waals surface area contributed by atoms with Crippen molar-refractivity contribution in [3.05, 3.63) is 24.3 Å². The first-order chi connectivity index (χ1) is 9.19. The smallest absolute Gasteiger partial charge is 0.322 e. The van der Waals surface area contributed by atoms with Crippen molar-refractivity contribution in [2.75, 3.05) is 25.0 Å². The number of hydrogen-bond donors (Lipinski definition) is 2. The monoisotopic (exact) mass is 264 g/mol. The minimum absolute atomic E-state index is 0.176. The van der Waals surface area contributed by atoms with Gasteiger partial charge in [-0.2, -0.15) is 0 Å². The lowest BCUT2D eigenvalue weighted by molar-refractivity contribution is 0.0309. The third-order valence-electron chi connectivity index (χ3n) is 3.02. The summed E-state index contributed by atoms with van der Waals surface area (Å²) in [6.45, 7) is 3.65. The molecule has 0 atom stereocenters. The van der Waals surface area contributed by atoms with Crippen molar-refractivity contribution in [1.82, 2.24) is 4.90 Å². The van der Waals surface area contributed by atoms with Crippen LogP contribution >= 0.6 is 0 Å². The van der Waals surface area contributed by atoms with E-state index in [1.165, 1.54) is 0 Å². The van der Waals surface area contributed by atoms with Crippen molar-refractivity contribution < 1.29 is 14.6 Å². The second-order valence-electron chi connectivity index (χ2n) is 4.72. The fourth-order valence-electron chi connectivity index (χ4n) is 1.79. The SMILES string of the molecule is CCCCOc1ccc(NC(=O)N2CC(O)C2)cc1. The molecule has 0 aromatic heterocycles. The maximum atomic E-state index is 11.7. The van der Waals surface area contributed by atoms with E-state index in [4.69, 9.17) is 9.84 Å². The Morgan fingerprint density at radius 1 is 1.42 bits per heavy atom. The van der Waals surface area contributed by atoms with Gasteiger partial charge < -0.3 is 20.1 Å². The van der Waals surface area contributed by atoms with E-state index in [2.05, 4.69) is 12.2 Å². The first-order valence-corrected chi connectivity index (χ1v) is 6.66. The number of aliphatic hydroxyl groups is 1. The lowest BCUT2D eigenvalue weighted by Gasteiger charge is -2.35. The van der Waals surface area contributed by atoms with Crippen LogP contribution in [0.2, 0.25) is 0 Å². The summed E-state index contributed by atoms with van der Waals surface area (Å²) in [7, 11) is 0. The van der Waals surface area contributed by atoms with E-state index in [1.807, 2.05) is 24.3 Å². The molecule has 2 amide bonds. The average molecular weight is 264 g/mol. The third kappa shape index (κ3) is 3.86. The van der Waals surface area contributed by atoms with Crippen LogP contribution in [-0.2, 0) is 0 Å². The maximum absolute atomic E-state index is 11.7. The number of rotatable bonds is 5. The summed E-state index contributed by atoms with van der Waals surface area (Å²) in [5, 5.41) is 11.9. The number of ether oxygens (including phenoxy) is 1. The van der Waals surface area contributed by atoms with Gasteiger partial charge in [-0.3, -0.25) is 0 Å². The number of amides is 2. The highest BCUT2D eigenvalue weighted by atomic mass is 16.5. The van der Waals surface area contributed by atoms with Gasteiger partial charge in [0.1, 0.15) is 5.75 Å². The quantitative estimate of drug-likeness (QED) is 0.800. The summed E-state index contributed by atoms with van der Waals surface area (Å²) < 4.78 is 5.54. The minimum Gasteiger partial charge on any atom is -0.494 e. The number of anilines is 1. The minimum atomic E-state index is -0.375. The number of nitrogens with one attached hydrogen (secondary N) is 1. The predicted octanol–water partition coefficient (Wildman–Crippen LogP) is 2.07. The van der Waals surface area contributed by atoms with Crippen LogP contribution in [-0.4, -0.2) is 41.8 Å². The molecule has 2 N–H and O–H groups in total. The van der Waals surface area contributed by atoms with Gasteiger partial charge in [-0.1, -0.05) is 13.3 Å². The van der Waals surface area contributed by atoms with Crippen LogP contribution in [0.25, 0.3) is 0 Å². The van der Waals surface area contributed by atoms with Gasteiger partial charge in [0, 0.05) is 5.69 Å². The first kappa shape index (κ1) is 13.7. The summed E-state index contributed by atoms with van der Waals surface area (Å²) in [4.78, 5) is 13.3. The fourth-order valence-corrected chi connectivity index (χ4v) is 1.79. The second-order valence-corrected chi connectivity index (χ2v) is 4.72. The van der Waals surface area contributed by atoms with E-state index in [-0.39, 0.29) is 12.1 Å². The predicted molar refractivity (Wildman–Crippen MR) is 73.4 cm³/mol. The van der Waals surface area contributed by atoms with Crippen LogP contribution in [0, 0.1) is 0 Å². The van der Waals surface area contributed by atoms with E-state index in [1.54, 1.807) is 4.90 Å². The van der Waals surface area contributed by atoms with Crippen LogP contribution in [0.4, 0.5) is 10.5 Å². The number of urea groups is 1. The van der Waals surface area contributed by atoms with Gasteiger partial charge in [0.25, 0.3) is 0 Å². The van der Waals surface area contributed by atoms with E-state index in [0.29, 0.717) is 19.7 Å². The van der Waals surface area contributed by atoms with Gasteiger partial charge >= 0.3 is 6.03 Å². The molecule has 0 saturated carbocycles. The van der Waals surface area contributed by atoms with Crippen molar-refractivity contribution >= 4 is 11.7 Å². The number of carbonyl (C=O) groups is 1. The average Bonchev–Trinajstić information content (AvgIpc) is 2.37. The first-order valence-electron chi connectivity index (χ1n) is 6.66. The summed E-state index contributed by atoms with van der Waals surface area (Å²) in [5.74, 6) is 0.811. The van der Waals surface area contributed by atoms with Crippen molar-refractivity contribution in [3.8, 4) is 5.75 Å². The number of benzene rings is 1. The van der Waals surface area contributed by atoms with Gasteiger partial charge in [-0.15, -0.1) is 0 Å². The lowest BCUT2D eigenvalue weighted by Crippen LogP contribution is -2.54. The maximum Gasteiger partial charge on any atom is 0.322 e. The molecule has 104 valence electrons. The van der Waals surface area contributed by atoms with E-state index in [9.17, 15) is 4.79 Å². The Morgan fingerprint density at radius 3 is 2.68 bits per heavy atom. The zero-order chi connectivity index (χ0) is 13.7. The molecule has 1 aromatic rings. The molecule has 2 rings (SSSR count). The zero-order valence-corrected chi connectivity index (χ0v) is 11.1. The largest absolute Gasteiger partial charge is 0.494 e. The Kier molecular flexibility index (Phi) is 4.63. The molecule has 0 aliphatic carbocycles. The van der Waals surface area contributed by atoms with Gasteiger partial charge in [-0.05, 0) is 30.7 Å². The lowest BCUT2D eigenvalue weighted by atomic mass is 10.2. The highest BCUT2D eigenvalue weighted by Crippen LogP contribution is 2.17. The Hall–Kier alpha value is -1.75. The highest BCUT2D eigenvalue weighted by Gasteiger charge is 2.28. The molecule has 0 radical (unpaired) electrons. The number of likely N-dealkylation sites (tertiary alicyclic amines) is 1. The van der Waals surface area contributed by atoms with Crippen LogP contribution in [0.15, 0.2) is 24.3 Å². The van der Waals surface area contributed by atoms with E-state index in [0.717, 1.165) is 24.3 Å². The molecular formula is C14H20N2O3. The summed E-state index contributed by atoms with van der Waals surface area (Å²) in [6.07, 6.45) is 1.77. The van der Waals surface area contributed by atoms with Crippen molar-refractivity contribution in [2.24, 2.45) is 0 Å². The molecule has 1 fully saturated rings. The summed E-state index contributed by atoms with van der Waals surface area (Å²) in [6, 6.07) is 7.14. The Bertz CT molecular complexity index is 413. The molecule has 1 aromatic carbocycles. The fraction of sp³-hybridized carbons (Fsp3) is 0.500. The molecule has 0 bridgehead atoms. The van der Waals surface area contributed by atoms with E-state index >= 15 is 0 Å². The molecule has 5 nitrogen and oxygen atoms in total. The number of hydrogen-bond acceptors (Lipinski definition) is 3. The molecule has 1 heterocycles. The van der Waals surface area contributed by atoms with Crippen molar-refractivity contribution in [2.45, 2.75) is 25.9 Å². The van der Waals surface area contributed by atoms with Crippen LogP contribution in [0.5, 0.6) is 5.75 Å². The molecule has 1 aliphatic rings. The number of β-amino-alcohol motifs (C(OH)–C–C–N with tert-alkyl or cyclic N) is 1. The second kappa shape index (κ2) is 6.43. The van der Waals surface area contributed by atoms with Crippen LogP contribution < -0.4 is 10.1 Å². The van der Waals surface area contributed by atoms with E-state index < -0.39 is 0 Å². The molecule has 19 heavy (non-hydrogen) atoms. The van der Waals surface area contributed by atoms with Crippen LogP contribution in [0.1, 0.15) is 19.8 Å². The number of unbranched alkanes of at least 4 members (excludes halogenated alkanes) is 1. The van der Waals surface area contributed by atoms with Gasteiger partial charge in [-0.25, -0.2) is 4.79 Å². The van der Waals surface area contributed by atoms with Gasteiger partial charge in [0.15, 0.2) is 0 Å². The normalized spacial score (nSPS) is 14.9. The number of carbonyl (C=O) groups excluding carboxylic acids is 1. The molecule has 1 aliphatic heterocycles. The van der Waals surface area contributed by atoms with Crippen molar-refractivity contribution in [3.63, 3.8) is 0 Å². The highest BCUT2D eigenvalue weighted by molar-refractivity contribution is 5.89. The molecule has 0 unspecified atom stereocenters. The molecule has 1 saturated heterocycles. The van der Waals surface area contributed by atoms with Gasteiger partial charge in [0.2, 0.25) is 0 Å². The Morgan fingerprint density at radius 2 is 2.11 bits per heavy atom. The topological polar surface area (TPSA) is 61.8 Å². The zero-order valence-electron chi connectivity index (χ0n) is 11.1. The number of nitrogens with zero attached hydrogens (tertiary/aromatic N) is 1. The standard InChI is InChI=1S/C14H20N2O3/c1-2-3-8-19-13-6-4-11(5-7-13)15-14(18)16-9-12(17)10-16/h4-7,12,17H,2-3,8-10H2,1H3,(H,15,18). The van der Waals surface area contributed by atoms with Gasteiger partial charge in [0.05, 0.1) is 25.8 Å². The Balaban J connectivity index is 1.79. The Labute approximate surface area is 113 Å².